The Hall–Kier alpha value is -1.96. The lowest BCUT2D eigenvalue weighted by molar-refractivity contribution is 0.322. The molecule has 0 bridgehead atoms. The van der Waals surface area contributed by atoms with Gasteiger partial charge in [0.15, 0.2) is 15.4 Å². The number of benzene rings is 2. The molecule has 1 aromatic heterocycles. The minimum Gasteiger partial charge on any atom is -0.356 e. The molecule has 5 nitrogen and oxygen atoms in total. The highest BCUT2D eigenvalue weighted by molar-refractivity contribution is 7.91. The number of aryl methyl sites for hydroxylation is 1. The Bertz CT molecular complexity index is 1120. The van der Waals surface area contributed by atoms with E-state index in [9.17, 15) is 12.8 Å². The molecule has 1 fully saturated rings. The zero-order valence-corrected chi connectivity index (χ0v) is 17.4. The molecule has 4 rings (SSSR count). The van der Waals surface area contributed by atoms with Crippen molar-refractivity contribution in [2.75, 3.05) is 25.4 Å². The Morgan fingerprint density at radius 2 is 2.10 bits per heavy atom. The highest BCUT2D eigenvalue weighted by atomic mass is 35.5. The van der Waals surface area contributed by atoms with Gasteiger partial charge >= 0.3 is 0 Å². The largest absolute Gasteiger partial charge is 0.356 e. The van der Waals surface area contributed by atoms with Gasteiger partial charge < -0.3 is 9.42 Å². The Kier molecular flexibility index (Phi) is 5.90. The van der Waals surface area contributed by atoms with E-state index in [0.717, 1.165) is 50.0 Å². The van der Waals surface area contributed by atoms with Crippen molar-refractivity contribution in [2.24, 2.45) is 5.92 Å². The summed E-state index contributed by atoms with van der Waals surface area (Å²) in [5.74, 6) is -0.0746. The van der Waals surface area contributed by atoms with Crippen molar-refractivity contribution in [3.8, 4) is 0 Å². The number of likely N-dealkylation sites (tertiary alicyclic amines) is 1. The van der Waals surface area contributed by atoms with Crippen molar-refractivity contribution in [2.45, 2.75) is 24.2 Å². The van der Waals surface area contributed by atoms with Gasteiger partial charge in [0.2, 0.25) is 0 Å². The molecule has 3 aromatic rings. The quantitative estimate of drug-likeness (QED) is 0.551. The second kappa shape index (κ2) is 8.42. The van der Waals surface area contributed by atoms with Crippen LogP contribution in [0, 0.1) is 11.7 Å². The van der Waals surface area contributed by atoms with Crippen molar-refractivity contribution < 1.29 is 17.3 Å². The van der Waals surface area contributed by atoms with E-state index in [0.29, 0.717) is 10.6 Å². The minimum absolute atomic E-state index is 0.120. The van der Waals surface area contributed by atoms with Gasteiger partial charge in [0.1, 0.15) is 5.82 Å². The third-order valence-corrected chi connectivity index (χ3v) is 7.49. The van der Waals surface area contributed by atoms with Gasteiger partial charge in [-0.2, -0.15) is 0 Å². The third-order valence-electron chi connectivity index (χ3n) is 5.38. The standard InChI is InChI=1S/C21H22ClFN2O3S/c22-16-3-1-4-18(11-16)29(26,27)14-15-8-10-25(13-15)9-2-5-20-19-7-6-17(23)12-21(19)28-24-20/h1,3-4,6-7,11-12,15H,2,5,8-10,13-14H2. The Morgan fingerprint density at radius 1 is 1.24 bits per heavy atom. The number of nitrogens with zero attached hydrogens (tertiary/aromatic N) is 2. The average molecular weight is 437 g/mol. The van der Waals surface area contributed by atoms with Gasteiger partial charge in [-0.1, -0.05) is 22.8 Å². The summed E-state index contributed by atoms with van der Waals surface area (Å²) in [5, 5.41) is 5.33. The van der Waals surface area contributed by atoms with Crippen LogP contribution in [0.1, 0.15) is 18.5 Å². The molecule has 0 N–H and O–H groups in total. The fraction of sp³-hybridized carbons (Fsp3) is 0.381. The fourth-order valence-electron chi connectivity index (χ4n) is 3.93. The Morgan fingerprint density at radius 3 is 2.93 bits per heavy atom. The Labute approximate surface area is 174 Å². The molecule has 8 heteroatoms. The van der Waals surface area contributed by atoms with Crippen LogP contribution in [0.25, 0.3) is 11.0 Å². The molecule has 1 unspecified atom stereocenters. The maximum absolute atomic E-state index is 13.2. The second-order valence-electron chi connectivity index (χ2n) is 7.57. The predicted octanol–water partition coefficient (Wildman–Crippen LogP) is 4.35. The normalized spacial score (nSPS) is 17.9. The van der Waals surface area contributed by atoms with Crippen LogP contribution in [-0.4, -0.2) is 43.9 Å². The number of halogens is 2. The monoisotopic (exact) mass is 436 g/mol. The van der Waals surface area contributed by atoms with E-state index in [-0.39, 0.29) is 22.4 Å². The smallest absolute Gasteiger partial charge is 0.178 e. The molecule has 1 aliphatic heterocycles. The topological polar surface area (TPSA) is 63.4 Å². The van der Waals surface area contributed by atoms with Gasteiger partial charge in [0.25, 0.3) is 0 Å². The van der Waals surface area contributed by atoms with Gasteiger partial charge in [-0.25, -0.2) is 12.8 Å². The first kappa shape index (κ1) is 20.3. The summed E-state index contributed by atoms with van der Waals surface area (Å²) >= 11 is 5.93. The van der Waals surface area contributed by atoms with E-state index in [1.54, 1.807) is 24.3 Å². The highest BCUT2D eigenvalue weighted by Crippen LogP contribution is 2.25. The number of hydrogen-bond acceptors (Lipinski definition) is 5. The molecular weight excluding hydrogens is 415 g/mol. The van der Waals surface area contributed by atoms with Crippen LogP contribution in [0.2, 0.25) is 5.02 Å². The lowest BCUT2D eigenvalue weighted by Gasteiger charge is -2.15. The SMILES string of the molecule is O=S(=O)(CC1CCN(CCCc2noc3cc(F)ccc23)C1)c1cccc(Cl)c1. The summed E-state index contributed by atoms with van der Waals surface area (Å²) in [5.41, 5.74) is 1.30. The van der Waals surface area contributed by atoms with E-state index >= 15 is 0 Å². The first-order valence-corrected chi connectivity index (χ1v) is 11.7. The van der Waals surface area contributed by atoms with Crippen LogP contribution in [0.3, 0.4) is 0 Å². The van der Waals surface area contributed by atoms with E-state index in [2.05, 4.69) is 10.1 Å². The van der Waals surface area contributed by atoms with Crippen LogP contribution in [0.4, 0.5) is 4.39 Å². The zero-order chi connectivity index (χ0) is 20.4. The molecule has 0 radical (unpaired) electrons. The van der Waals surface area contributed by atoms with E-state index < -0.39 is 9.84 Å². The average Bonchev–Trinajstić information content (AvgIpc) is 3.28. The molecule has 1 atom stereocenters. The summed E-state index contributed by atoms with van der Waals surface area (Å²) in [6.45, 7) is 2.52. The number of aromatic nitrogens is 1. The maximum atomic E-state index is 13.2. The molecule has 1 saturated heterocycles. The first-order valence-electron chi connectivity index (χ1n) is 9.65. The van der Waals surface area contributed by atoms with E-state index in [1.165, 1.54) is 18.2 Å². The molecule has 29 heavy (non-hydrogen) atoms. The molecule has 0 aliphatic carbocycles. The van der Waals surface area contributed by atoms with E-state index in [4.69, 9.17) is 16.1 Å². The van der Waals surface area contributed by atoms with Gasteiger partial charge in [0, 0.05) is 23.0 Å². The number of rotatable bonds is 7. The molecule has 1 aliphatic rings. The molecule has 0 saturated carbocycles. The zero-order valence-electron chi connectivity index (χ0n) is 15.9. The van der Waals surface area contributed by atoms with Crippen molar-refractivity contribution in [3.63, 3.8) is 0 Å². The summed E-state index contributed by atoms with van der Waals surface area (Å²) in [6.07, 6.45) is 2.49. The molecule has 0 amide bonds. The first-order chi connectivity index (χ1) is 13.9. The maximum Gasteiger partial charge on any atom is 0.178 e. The second-order valence-corrected chi connectivity index (χ2v) is 10.0. The summed E-state index contributed by atoms with van der Waals surface area (Å²) in [4.78, 5) is 2.58. The summed E-state index contributed by atoms with van der Waals surface area (Å²) < 4.78 is 43.7. The van der Waals surface area contributed by atoms with Gasteiger partial charge in [-0.15, -0.1) is 0 Å². The lowest BCUT2D eigenvalue weighted by atomic mass is 10.1. The van der Waals surface area contributed by atoms with Crippen molar-refractivity contribution in [1.29, 1.82) is 0 Å². The van der Waals surface area contributed by atoms with Crippen LogP contribution in [0.15, 0.2) is 51.9 Å². The van der Waals surface area contributed by atoms with Crippen molar-refractivity contribution >= 4 is 32.4 Å². The van der Waals surface area contributed by atoms with E-state index in [1.807, 2.05) is 0 Å². The predicted molar refractivity (Wildman–Crippen MR) is 110 cm³/mol. The van der Waals surface area contributed by atoms with Crippen LogP contribution in [0.5, 0.6) is 0 Å². The minimum atomic E-state index is -3.34. The van der Waals surface area contributed by atoms with Gasteiger partial charge in [0.05, 0.1) is 16.3 Å². The van der Waals surface area contributed by atoms with Crippen LogP contribution in [-0.2, 0) is 16.3 Å². The molecular formula is C21H22ClFN2O3S. The molecule has 2 heterocycles. The fourth-order valence-corrected chi connectivity index (χ4v) is 5.87. The van der Waals surface area contributed by atoms with Gasteiger partial charge in [-0.05, 0) is 68.6 Å². The van der Waals surface area contributed by atoms with Crippen molar-refractivity contribution in [3.05, 3.63) is 59.0 Å². The Balaban J connectivity index is 1.29. The summed E-state index contributed by atoms with van der Waals surface area (Å²) in [6, 6.07) is 10.9. The molecule has 0 spiro atoms. The van der Waals surface area contributed by atoms with Crippen LogP contribution >= 0.6 is 11.6 Å². The summed E-state index contributed by atoms with van der Waals surface area (Å²) in [7, 11) is -3.34. The lowest BCUT2D eigenvalue weighted by Crippen LogP contribution is -2.24. The van der Waals surface area contributed by atoms with Crippen molar-refractivity contribution in [1.82, 2.24) is 10.1 Å². The third kappa shape index (κ3) is 4.79. The highest BCUT2D eigenvalue weighted by Gasteiger charge is 2.28. The molecule has 2 aromatic carbocycles. The number of fused-ring (bicyclic) bond motifs is 1. The number of hydrogen-bond donors (Lipinski definition) is 0. The molecule has 154 valence electrons. The van der Waals surface area contributed by atoms with Crippen LogP contribution < -0.4 is 0 Å². The van der Waals surface area contributed by atoms with Gasteiger partial charge in [-0.3, -0.25) is 0 Å². The number of sulfone groups is 1.